The Balaban J connectivity index is -0.000000241. The van der Waals surface area contributed by atoms with Crippen LogP contribution in [0.3, 0.4) is 0 Å². The molecule has 0 saturated heterocycles. The molecular formula is C32H58NNaO8S. The molecule has 2 unspecified atom stereocenters. The standard InChI is InChI=1S/C10H14.C9H19NO4S.C7H14O2.C6H12O2.Na/c1-3-9(2)10-7-5-4-6-8-10;1-5-7(2)8(11)10-9(3,4)6-15(12,13)14;1-5-7(2,3)6(8)9-4;1-4-6(2,3)5(7)8;/h4-9H,3H2,1-2H3;7H,5-6H2,1-4H3,(H,10,11)(H,12,13,14);5H2,1-4H3;4H2,1-3H3,(H,7,8);/q;;;;+1/p-1. The van der Waals surface area contributed by atoms with E-state index in [4.69, 9.17) is 5.11 Å². The third-order valence-electron chi connectivity index (χ3n) is 7.12. The molecule has 1 aromatic carbocycles. The van der Waals surface area contributed by atoms with Crippen LogP contribution in [0.5, 0.6) is 0 Å². The molecule has 0 bridgehead atoms. The summed E-state index contributed by atoms with van der Waals surface area (Å²) in [6.07, 6.45) is 3.40. The van der Waals surface area contributed by atoms with Crippen molar-refractivity contribution < 1.29 is 66.8 Å². The van der Waals surface area contributed by atoms with E-state index in [-0.39, 0.29) is 52.8 Å². The summed E-state index contributed by atoms with van der Waals surface area (Å²) >= 11 is 0. The van der Waals surface area contributed by atoms with Gasteiger partial charge in [0.25, 0.3) is 0 Å². The molecule has 2 N–H and O–H groups in total. The molecule has 2 atom stereocenters. The van der Waals surface area contributed by atoms with Gasteiger partial charge in [-0.05, 0) is 78.7 Å². The first-order valence-electron chi connectivity index (χ1n) is 14.6. The van der Waals surface area contributed by atoms with Gasteiger partial charge in [-0.1, -0.05) is 71.9 Å². The second kappa shape index (κ2) is 23.0. The molecule has 246 valence electrons. The molecule has 11 heteroatoms. The summed E-state index contributed by atoms with van der Waals surface area (Å²) in [5, 5.41) is 11.0. The van der Waals surface area contributed by atoms with Crippen LogP contribution in [0.1, 0.15) is 120 Å². The first-order chi connectivity index (χ1) is 19.0. The first-order valence-corrected chi connectivity index (χ1v) is 16.2. The van der Waals surface area contributed by atoms with Gasteiger partial charge >= 0.3 is 41.5 Å². The van der Waals surface area contributed by atoms with Crippen molar-refractivity contribution in [3.05, 3.63) is 35.9 Å². The summed E-state index contributed by atoms with van der Waals surface area (Å²) in [4.78, 5) is 32.6. The number of rotatable bonds is 11. The van der Waals surface area contributed by atoms with Crippen LogP contribution in [-0.4, -0.2) is 54.3 Å². The number of carbonyl (C=O) groups is 3. The molecule has 1 amide bonds. The summed E-state index contributed by atoms with van der Waals surface area (Å²) in [6, 6.07) is 10.6. The fourth-order valence-corrected chi connectivity index (χ4v) is 3.67. The largest absolute Gasteiger partial charge is 1.00 e. The van der Waals surface area contributed by atoms with Gasteiger partial charge in [0.2, 0.25) is 5.91 Å². The van der Waals surface area contributed by atoms with Crippen LogP contribution in [-0.2, 0) is 29.2 Å². The Morgan fingerprint density at radius 2 is 1.33 bits per heavy atom. The molecular weight excluding hydrogens is 581 g/mol. The number of carboxylic acid groups (broad SMARTS) is 1. The predicted octanol–water partition coefficient (Wildman–Crippen LogP) is 3.78. The van der Waals surface area contributed by atoms with Gasteiger partial charge in [-0.2, -0.15) is 0 Å². The van der Waals surface area contributed by atoms with E-state index in [0.717, 1.165) is 6.42 Å². The smallest absolute Gasteiger partial charge is 0.748 e. The van der Waals surface area contributed by atoms with Crippen molar-refractivity contribution in [3.8, 4) is 0 Å². The number of amides is 1. The quantitative estimate of drug-likeness (QED) is 0.211. The second-order valence-electron chi connectivity index (χ2n) is 12.4. The van der Waals surface area contributed by atoms with Crippen LogP contribution in [0.15, 0.2) is 30.3 Å². The molecule has 0 aliphatic carbocycles. The SMILES string of the molecule is CCC(C)(C)C(=O)O.CCC(C)(C)C(=O)OC.CCC(C)C(=O)NC(C)(C)CS(=O)(=O)[O-].CCC(C)c1ccccc1.[Na+]. The van der Waals surface area contributed by atoms with Crippen LogP contribution < -0.4 is 34.9 Å². The number of methoxy groups -OCH3 is 1. The average molecular weight is 640 g/mol. The molecule has 0 aliphatic heterocycles. The van der Waals surface area contributed by atoms with Gasteiger partial charge in [-0.3, -0.25) is 14.4 Å². The molecule has 0 radical (unpaired) electrons. The van der Waals surface area contributed by atoms with Gasteiger partial charge in [0, 0.05) is 11.5 Å². The second-order valence-corrected chi connectivity index (χ2v) is 13.8. The molecule has 0 aliphatic rings. The molecule has 0 fully saturated rings. The molecule has 43 heavy (non-hydrogen) atoms. The number of benzene rings is 1. The van der Waals surface area contributed by atoms with E-state index in [0.29, 0.717) is 18.8 Å². The maximum Gasteiger partial charge on any atom is 1.00 e. The Kier molecular flexibility index (Phi) is 25.9. The topological polar surface area (TPSA) is 150 Å². The minimum Gasteiger partial charge on any atom is -0.748 e. The van der Waals surface area contributed by atoms with E-state index in [1.807, 2.05) is 34.6 Å². The minimum absolute atomic E-state index is 0. The van der Waals surface area contributed by atoms with Crippen molar-refractivity contribution in [1.82, 2.24) is 5.32 Å². The summed E-state index contributed by atoms with van der Waals surface area (Å²) in [5.41, 5.74) is -0.416. The molecule has 0 saturated carbocycles. The molecule has 0 heterocycles. The summed E-state index contributed by atoms with van der Waals surface area (Å²) in [6.45, 7) is 22.1. The van der Waals surface area contributed by atoms with Crippen molar-refractivity contribution in [2.75, 3.05) is 12.9 Å². The van der Waals surface area contributed by atoms with E-state index in [1.54, 1.807) is 20.8 Å². The van der Waals surface area contributed by atoms with E-state index in [9.17, 15) is 27.4 Å². The van der Waals surface area contributed by atoms with Crippen molar-refractivity contribution in [2.24, 2.45) is 16.7 Å². The third kappa shape index (κ3) is 24.5. The molecule has 1 rings (SSSR count). The Bertz CT molecular complexity index is 1030. The number of hydrogen-bond donors (Lipinski definition) is 2. The maximum atomic E-state index is 11.5. The number of carboxylic acids is 1. The van der Waals surface area contributed by atoms with Gasteiger partial charge in [0.1, 0.15) is 0 Å². The fraction of sp³-hybridized carbons (Fsp3) is 0.719. The van der Waals surface area contributed by atoms with Crippen LogP contribution >= 0.6 is 0 Å². The van der Waals surface area contributed by atoms with Gasteiger partial charge in [0.05, 0.1) is 33.8 Å². The summed E-state index contributed by atoms with van der Waals surface area (Å²) in [7, 11) is -2.91. The number of esters is 1. The van der Waals surface area contributed by atoms with Crippen LogP contribution in [0, 0.1) is 16.7 Å². The predicted molar refractivity (Wildman–Crippen MR) is 169 cm³/mol. The normalized spacial score (nSPS) is 12.6. The zero-order valence-electron chi connectivity index (χ0n) is 29.3. The zero-order chi connectivity index (χ0) is 33.9. The van der Waals surface area contributed by atoms with E-state index >= 15 is 0 Å². The van der Waals surface area contributed by atoms with E-state index in [1.165, 1.54) is 32.9 Å². The van der Waals surface area contributed by atoms with Crippen molar-refractivity contribution >= 4 is 28.0 Å². The molecule has 1 aromatic rings. The average Bonchev–Trinajstić information content (AvgIpc) is 2.91. The Hall–Kier alpha value is -1.46. The van der Waals surface area contributed by atoms with Gasteiger partial charge in [0.15, 0.2) is 0 Å². The van der Waals surface area contributed by atoms with E-state index in [2.05, 4.69) is 54.2 Å². The van der Waals surface area contributed by atoms with Crippen molar-refractivity contribution in [3.63, 3.8) is 0 Å². The van der Waals surface area contributed by atoms with Gasteiger partial charge in [-0.25, -0.2) is 8.42 Å². The third-order valence-corrected chi connectivity index (χ3v) is 8.20. The zero-order valence-corrected chi connectivity index (χ0v) is 32.1. The molecule has 0 spiro atoms. The fourth-order valence-electron chi connectivity index (χ4n) is 2.71. The van der Waals surface area contributed by atoms with Crippen LogP contribution in [0.25, 0.3) is 0 Å². The van der Waals surface area contributed by atoms with Gasteiger partial charge in [-0.15, -0.1) is 0 Å². The maximum absolute atomic E-state index is 11.5. The van der Waals surface area contributed by atoms with Crippen LogP contribution in [0.2, 0.25) is 0 Å². The van der Waals surface area contributed by atoms with Crippen LogP contribution in [0.4, 0.5) is 0 Å². The number of ether oxygens (including phenoxy) is 1. The minimum atomic E-state index is -4.32. The number of hydrogen-bond acceptors (Lipinski definition) is 7. The van der Waals surface area contributed by atoms with Gasteiger partial charge < -0.3 is 19.7 Å². The summed E-state index contributed by atoms with van der Waals surface area (Å²) < 4.78 is 36.2. The monoisotopic (exact) mass is 639 g/mol. The summed E-state index contributed by atoms with van der Waals surface area (Å²) in [5.74, 6) is -1.15. The molecule has 0 aromatic heterocycles. The van der Waals surface area contributed by atoms with Crippen molar-refractivity contribution in [1.29, 1.82) is 0 Å². The number of carbonyl (C=O) groups excluding carboxylic acids is 2. The number of nitrogens with one attached hydrogen (secondary N) is 1. The Labute approximate surface area is 284 Å². The first kappa shape index (κ1) is 48.4. The van der Waals surface area contributed by atoms with Crippen molar-refractivity contribution in [2.45, 2.75) is 120 Å². The van der Waals surface area contributed by atoms with E-state index < -0.39 is 32.8 Å². The Morgan fingerprint density at radius 3 is 1.58 bits per heavy atom. The number of aliphatic carboxylic acids is 1. The molecule has 9 nitrogen and oxygen atoms in total. The Morgan fingerprint density at radius 1 is 0.884 bits per heavy atom.